The quantitative estimate of drug-likeness (QED) is 0.728. The molecule has 78 valence electrons. The van der Waals surface area contributed by atoms with Crippen molar-refractivity contribution in [3.8, 4) is 6.07 Å². The van der Waals surface area contributed by atoms with Crippen LogP contribution in [-0.2, 0) is 9.53 Å². The first-order chi connectivity index (χ1) is 6.77. The summed E-state index contributed by atoms with van der Waals surface area (Å²) >= 11 is 0. The Bertz CT molecular complexity index is 229. The Balaban J connectivity index is 2.34. The number of carbonyl (C=O) groups excluding carboxylic acids is 1. The highest BCUT2D eigenvalue weighted by Gasteiger charge is 2.25. The van der Waals surface area contributed by atoms with Crippen LogP contribution < -0.4 is 5.32 Å². The zero-order valence-electron chi connectivity index (χ0n) is 8.45. The van der Waals surface area contributed by atoms with Gasteiger partial charge in [0.05, 0.1) is 6.07 Å². The summed E-state index contributed by atoms with van der Waals surface area (Å²) in [5.74, 6) is -0.137. The monoisotopic (exact) mass is 196 g/mol. The highest BCUT2D eigenvalue weighted by Crippen LogP contribution is 2.12. The van der Waals surface area contributed by atoms with Crippen molar-refractivity contribution in [2.45, 2.75) is 44.8 Å². The van der Waals surface area contributed by atoms with Crippen molar-refractivity contribution in [2.75, 3.05) is 6.61 Å². The number of nitrogens with zero attached hydrogens (tertiary/aromatic N) is 1. The molecule has 1 saturated heterocycles. The average Bonchev–Trinajstić information content (AvgIpc) is 2.69. The van der Waals surface area contributed by atoms with Crippen LogP contribution in [0, 0.1) is 11.3 Å². The summed E-state index contributed by atoms with van der Waals surface area (Å²) in [5, 5.41) is 11.4. The maximum Gasteiger partial charge on any atom is 0.250 e. The minimum atomic E-state index is -0.364. The third kappa shape index (κ3) is 3.00. The SMILES string of the molecule is CCCC(C#N)NC(=O)C1CCCO1. The molecule has 0 aromatic carbocycles. The van der Waals surface area contributed by atoms with Gasteiger partial charge >= 0.3 is 0 Å². The van der Waals surface area contributed by atoms with E-state index >= 15 is 0 Å². The molecule has 0 aromatic rings. The van der Waals surface area contributed by atoms with Crippen molar-refractivity contribution in [2.24, 2.45) is 0 Å². The molecular formula is C10H16N2O2. The van der Waals surface area contributed by atoms with Crippen LogP contribution in [-0.4, -0.2) is 24.7 Å². The number of nitriles is 1. The van der Waals surface area contributed by atoms with Gasteiger partial charge in [0, 0.05) is 6.61 Å². The molecule has 0 aliphatic carbocycles. The molecular weight excluding hydrogens is 180 g/mol. The van der Waals surface area contributed by atoms with Crippen molar-refractivity contribution in [3.63, 3.8) is 0 Å². The molecule has 1 heterocycles. The smallest absolute Gasteiger partial charge is 0.250 e. The number of amides is 1. The molecule has 0 bridgehead atoms. The van der Waals surface area contributed by atoms with Gasteiger partial charge in [0.25, 0.3) is 0 Å². The van der Waals surface area contributed by atoms with Crippen molar-refractivity contribution >= 4 is 5.91 Å². The highest BCUT2D eigenvalue weighted by atomic mass is 16.5. The number of nitrogens with one attached hydrogen (secondary N) is 1. The third-order valence-electron chi connectivity index (χ3n) is 2.27. The third-order valence-corrected chi connectivity index (χ3v) is 2.27. The molecule has 1 fully saturated rings. The van der Waals surface area contributed by atoms with Gasteiger partial charge in [-0.25, -0.2) is 0 Å². The van der Waals surface area contributed by atoms with Crippen molar-refractivity contribution in [1.82, 2.24) is 5.32 Å². The average molecular weight is 196 g/mol. The summed E-state index contributed by atoms with van der Waals surface area (Å²) in [7, 11) is 0. The molecule has 1 amide bonds. The van der Waals surface area contributed by atoms with E-state index in [2.05, 4.69) is 11.4 Å². The van der Waals surface area contributed by atoms with E-state index < -0.39 is 0 Å². The molecule has 1 N–H and O–H groups in total. The minimum absolute atomic E-state index is 0.137. The Labute approximate surface area is 84.2 Å². The summed E-state index contributed by atoms with van der Waals surface area (Å²) in [6, 6.07) is 1.71. The molecule has 1 aliphatic heterocycles. The molecule has 0 saturated carbocycles. The van der Waals surface area contributed by atoms with E-state index in [1.54, 1.807) is 0 Å². The van der Waals surface area contributed by atoms with Crippen LogP contribution in [0.25, 0.3) is 0 Å². The standard InChI is InChI=1S/C10H16N2O2/c1-2-4-8(7-11)12-10(13)9-5-3-6-14-9/h8-9H,2-6H2,1H3,(H,12,13). The van der Waals surface area contributed by atoms with Crippen molar-refractivity contribution < 1.29 is 9.53 Å². The summed E-state index contributed by atoms with van der Waals surface area (Å²) in [4.78, 5) is 11.5. The van der Waals surface area contributed by atoms with Crippen LogP contribution in [0.15, 0.2) is 0 Å². The molecule has 14 heavy (non-hydrogen) atoms. The van der Waals surface area contributed by atoms with Crippen LogP contribution in [0.5, 0.6) is 0 Å². The predicted molar refractivity (Wildman–Crippen MR) is 51.4 cm³/mol. The first kappa shape index (κ1) is 11.0. The van der Waals surface area contributed by atoms with Crippen LogP contribution in [0.4, 0.5) is 0 Å². The van der Waals surface area contributed by atoms with Crippen LogP contribution in [0.1, 0.15) is 32.6 Å². The number of ether oxygens (including phenoxy) is 1. The highest BCUT2D eigenvalue weighted by molar-refractivity contribution is 5.81. The second-order valence-corrected chi connectivity index (χ2v) is 3.48. The summed E-state index contributed by atoms with van der Waals surface area (Å²) < 4.78 is 5.22. The Morgan fingerprint density at radius 2 is 2.57 bits per heavy atom. The van der Waals surface area contributed by atoms with Gasteiger partial charge in [-0.15, -0.1) is 0 Å². The lowest BCUT2D eigenvalue weighted by Gasteiger charge is -2.13. The van der Waals surface area contributed by atoms with Crippen LogP contribution in [0.2, 0.25) is 0 Å². The van der Waals surface area contributed by atoms with Gasteiger partial charge in [-0.2, -0.15) is 5.26 Å². The van der Waals surface area contributed by atoms with Gasteiger partial charge in [0.1, 0.15) is 12.1 Å². The lowest BCUT2D eigenvalue weighted by molar-refractivity contribution is -0.130. The van der Waals surface area contributed by atoms with Gasteiger partial charge in [-0.3, -0.25) is 4.79 Å². The number of carbonyl (C=O) groups is 1. The molecule has 2 unspecified atom stereocenters. The number of rotatable bonds is 4. The largest absolute Gasteiger partial charge is 0.368 e. The molecule has 4 nitrogen and oxygen atoms in total. The predicted octanol–water partition coefficient (Wildman–Crippen LogP) is 0.974. The van der Waals surface area contributed by atoms with E-state index in [0.29, 0.717) is 13.0 Å². The topological polar surface area (TPSA) is 62.1 Å². The lowest BCUT2D eigenvalue weighted by Crippen LogP contribution is -2.40. The fourth-order valence-electron chi connectivity index (χ4n) is 1.51. The molecule has 2 atom stereocenters. The maximum absolute atomic E-state index is 11.5. The van der Waals surface area contributed by atoms with Gasteiger partial charge in [0.2, 0.25) is 5.91 Å². The Morgan fingerprint density at radius 1 is 1.79 bits per heavy atom. The molecule has 4 heteroatoms. The van der Waals surface area contributed by atoms with E-state index in [1.807, 2.05) is 6.92 Å². The normalized spacial score (nSPS) is 22.7. The van der Waals surface area contributed by atoms with Gasteiger partial charge < -0.3 is 10.1 Å². The number of hydrogen-bond acceptors (Lipinski definition) is 3. The van der Waals surface area contributed by atoms with Crippen LogP contribution in [0.3, 0.4) is 0 Å². The van der Waals surface area contributed by atoms with Gasteiger partial charge in [0.15, 0.2) is 0 Å². The number of hydrogen-bond donors (Lipinski definition) is 1. The van der Waals surface area contributed by atoms with Gasteiger partial charge in [-0.1, -0.05) is 13.3 Å². The summed E-state index contributed by atoms with van der Waals surface area (Å²) in [5.41, 5.74) is 0. The summed E-state index contributed by atoms with van der Waals surface area (Å²) in [6.07, 6.45) is 2.97. The Hall–Kier alpha value is -1.08. The Morgan fingerprint density at radius 3 is 3.07 bits per heavy atom. The second-order valence-electron chi connectivity index (χ2n) is 3.48. The van der Waals surface area contributed by atoms with Crippen molar-refractivity contribution in [1.29, 1.82) is 5.26 Å². The zero-order chi connectivity index (χ0) is 10.4. The fraction of sp³-hybridized carbons (Fsp3) is 0.800. The zero-order valence-corrected chi connectivity index (χ0v) is 8.45. The van der Waals surface area contributed by atoms with Crippen LogP contribution >= 0.6 is 0 Å². The van der Waals surface area contributed by atoms with E-state index in [-0.39, 0.29) is 18.1 Å². The molecule has 0 radical (unpaired) electrons. The van der Waals surface area contributed by atoms with E-state index in [4.69, 9.17) is 10.00 Å². The minimum Gasteiger partial charge on any atom is -0.368 e. The second kappa shape index (κ2) is 5.61. The first-order valence-electron chi connectivity index (χ1n) is 5.09. The van der Waals surface area contributed by atoms with E-state index in [0.717, 1.165) is 19.3 Å². The van der Waals surface area contributed by atoms with Crippen molar-refractivity contribution in [3.05, 3.63) is 0 Å². The molecule has 1 aliphatic rings. The molecule has 1 rings (SSSR count). The Kier molecular flexibility index (Phi) is 4.41. The fourth-order valence-corrected chi connectivity index (χ4v) is 1.51. The van der Waals surface area contributed by atoms with E-state index in [9.17, 15) is 4.79 Å². The summed E-state index contributed by atoms with van der Waals surface area (Å²) in [6.45, 7) is 2.64. The van der Waals surface area contributed by atoms with Gasteiger partial charge in [-0.05, 0) is 19.3 Å². The molecule has 0 aromatic heterocycles. The first-order valence-corrected chi connectivity index (χ1v) is 5.09. The molecule has 0 spiro atoms. The maximum atomic E-state index is 11.5. The lowest BCUT2D eigenvalue weighted by atomic mass is 10.1. The van der Waals surface area contributed by atoms with E-state index in [1.165, 1.54) is 0 Å².